The maximum atomic E-state index is 3.78. The summed E-state index contributed by atoms with van der Waals surface area (Å²) < 4.78 is 0. The third-order valence-electron chi connectivity index (χ3n) is 4.00. The van der Waals surface area contributed by atoms with Crippen LogP contribution in [0, 0.1) is 11.3 Å². The summed E-state index contributed by atoms with van der Waals surface area (Å²) in [5.41, 5.74) is 0.813. The van der Waals surface area contributed by atoms with Crippen LogP contribution in [-0.2, 0) is 0 Å². The molecule has 0 nitrogen and oxygen atoms in total. The molecule has 68 valence electrons. The SMILES string of the molecule is C=CCCCC12CCC(CC1)C2. The Kier molecular flexibility index (Phi) is 2.25. The highest BCUT2D eigenvalue weighted by Gasteiger charge is 2.43. The number of hydrogen-bond acceptors (Lipinski definition) is 0. The van der Waals surface area contributed by atoms with Gasteiger partial charge >= 0.3 is 0 Å². The maximum absolute atomic E-state index is 3.78. The predicted octanol–water partition coefficient (Wildman–Crippen LogP) is 3.92. The molecule has 0 aromatic heterocycles. The van der Waals surface area contributed by atoms with Crippen molar-refractivity contribution in [2.45, 2.75) is 51.4 Å². The number of hydrogen-bond donors (Lipinski definition) is 0. The Morgan fingerprint density at radius 1 is 1.33 bits per heavy atom. The number of allylic oxidation sites excluding steroid dienone is 1. The van der Waals surface area contributed by atoms with Crippen molar-refractivity contribution in [1.29, 1.82) is 0 Å². The van der Waals surface area contributed by atoms with Crippen LogP contribution in [0.25, 0.3) is 0 Å². The van der Waals surface area contributed by atoms with Crippen molar-refractivity contribution >= 4 is 0 Å². The van der Waals surface area contributed by atoms with Gasteiger partial charge in [-0.05, 0) is 62.7 Å². The third-order valence-corrected chi connectivity index (χ3v) is 4.00. The topological polar surface area (TPSA) is 0 Å². The summed E-state index contributed by atoms with van der Waals surface area (Å²) in [5.74, 6) is 1.12. The van der Waals surface area contributed by atoms with E-state index in [2.05, 4.69) is 12.7 Å². The van der Waals surface area contributed by atoms with Crippen molar-refractivity contribution in [3.8, 4) is 0 Å². The Balaban J connectivity index is 1.81. The molecular weight excluding hydrogens is 144 g/mol. The number of unbranched alkanes of at least 4 members (excludes halogenated alkanes) is 1. The summed E-state index contributed by atoms with van der Waals surface area (Å²) in [6, 6.07) is 0. The van der Waals surface area contributed by atoms with Crippen LogP contribution in [0.4, 0.5) is 0 Å². The quantitative estimate of drug-likeness (QED) is 0.436. The fourth-order valence-electron chi connectivity index (χ4n) is 3.28. The summed E-state index contributed by atoms with van der Waals surface area (Å²) in [4.78, 5) is 0. The normalized spacial score (nSPS) is 38.8. The molecule has 0 unspecified atom stereocenters. The van der Waals surface area contributed by atoms with Crippen molar-refractivity contribution in [2.24, 2.45) is 11.3 Å². The second kappa shape index (κ2) is 3.24. The molecule has 2 fully saturated rings. The standard InChI is InChI=1S/C12H20/c1-2-3-4-7-12-8-5-11(10-12)6-9-12/h2,11H,1,3-10H2. The highest BCUT2D eigenvalue weighted by molar-refractivity contribution is 4.95. The van der Waals surface area contributed by atoms with Crippen molar-refractivity contribution in [1.82, 2.24) is 0 Å². The molecular formula is C12H20. The zero-order valence-electron chi connectivity index (χ0n) is 8.02. The van der Waals surface area contributed by atoms with Gasteiger partial charge in [0.15, 0.2) is 0 Å². The first-order valence-electron chi connectivity index (χ1n) is 5.46. The minimum absolute atomic E-state index is 0.813. The van der Waals surface area contributed by atoms with Crippen LogP contribution in [0.2, 0.25) is 0 Å². The smallest absolute Gasteiger partial charge is 0.0295 e. The first kappa shape index (κ1) is 8.34. The molecule has 0 heterocycles. The number of rotatable bonds is 4. The van der Waals surface area contributed by atoms with Crippen molar-refractivity contribution in [3.05, 3.63) is 12.7 Å². The molecule has 0 atom stereocenters. The van der Waals surface area contributed by atoms with Crippen LogP contribution in [0.5, 0.6) is 0 Å². The van der Waals surface area contributed by atoms with Crippen molar-refractivity contribution < 1.29 is 0 Å². The first-order chi connectivity index (χ1) is 5.85. The Labute approximate surface area is 76.1 Å². The molecule has 0 spiro atoms. The molecule has 0 amide bonds. The first-order valence-corrected chi connectivity index (χ1v) is 5.46. The van der Waals surface area contributed by atoms with E-state index >= 15 is 0 Å². The molecule has 12 heavy (non-hydrogen) atoms. The van der Waals surface area contributed by atoms with Crippen LogP contribution < -0.4 is 0 Å². The minimum atomic E-state index is 0.813. The van der Waals surface area contributed by atoms with Gasteiger partial charge in [-0.2, -0.15) is 0 Å². The van der Waals surface area contributed by atoms with Gasteiger partial charge in [0.05, 0.1) is 0 Å². The third kappa shape index (κ3) is 1.44. The van der Waals surface area contributed by atoms with E-state index in [1.807, 2.05) is 0 Å². The Bertz CT molecular complexity index is 161. The largest absolute Gasteiger partial charge is 0.103 e. The minimum Gasteiger partial charge on any atom is -0.103 e. The van der Waals surface area contributed by atoms with E-state index in [9.17, 15) is 0 Å². The molecule has 2 rings (SSSR count). The zero-order chi connectivity index (χ0) is 8.44. The fraction of sp³-hybridized carbons (Fsp3) is 0.833. The van der Waals surface area contributed by atoms with E-state index in [-0.39, 0.29) is 0 Å². The summed E-state index contributed by atoms with van der Waals surface area (Å²) in [7, 11) is 0. The number of fused-ring (bicyclic) bond motifs is 2. The van der Waals surface area contributed by atoms with Crippen LogP contribution in [0.3, 0.4) is 0 Å². The Morgan fingerprint density at radius 2 is 2.08 bits per heavy atom. The molecule has 0 aromatic carbocycles. The summed E-state index contributed by atoms with van der Waals surface area (Å²) in [6.07, 6.45) is 13.9. The molecule has 2 aliphatic rings. The molecule has 2 bridgehead atoms. The van der Waals surface area contributed by atoms with E-state index in [4.69, 9.17) is 0 Å². The predicted molar refractivity (Wildman–Crippen MR) is 53.1 cm³/mol. The molecule has 2 saturated carbocycles. The lowest BCUT2D eigenvalue weighted by atomic mass is 9.80. The summed E-state index contributed by atoms with van der Waals surface area (Å²) in [6.45, 7) is 3.78. The molecule has 0 aliphatic heterocycles. The van der Waals surface area contributed by atoms with Gasteiger partial charge in [-0.15, -0.1) is 6.58 Å². The molecule has 0 radical (unpaired) electrons. The van der Waals surface area contributed by atoms with Crippen LogP contribution in [-0.4, -0.2) is 0 Å². The molecule has 2 aliphatic carbocycles. The van der Waals surface area contributed by atoms with E-state index in [0.29, 0.717) is 0 Å². The van der Waals surface area contributed by atoms with Gasteiger partial charge in [0.1, 0.15) is 0 Å². The lowest BCUT2D eigenvalue weighted by Crippen LogP contribution is -2.13. The van der Waals surface area contributed by atoms with Gasteiger partial charge in [0.2, 0.25) is 0 Å². The average Bonchev–Trinajstić information content (AvgIpc) is 2.64. The van der Waals surface area contributed by atoms with Crippen molar-refractivity contribution in [3.63, 3.8) is 0 Å². The molecule has 0 saturated heterocycles. The highest BCUT2D eigenvalue weighted by atomic mass is 14.5. The second-order valence-electron chi connectivity index (χ2n) is 4.83. The lowest BCUT2D eigenvalue weighted by Gasteiger charge is -2.25. The zero-order valence-corrected chi connectivity index (χ0v) is 8.02. The Hall–Kier alpha value is -0.260. The van der Waals surface area contributed by atoms with Gasteiger partial charge in [0.25, 0.3) is 0 Å². The van der Waals surface area contributed by atoms with E-state index in [0.717, 1.165) is 11.3 Å². The molecule has 0 N–H and O–H groups in total. The second-order valence-corrected chi connectivity index (χ2v) is 4.83. The van der Waals surface area contributed by atoms with E-state index in [1.165, 1.54) is 44.9 Å². The summed E-state index contributed by atoms with van der Waals surface area (Å²) >= 11 is 0. The summed E-state index contributed by atoms with van der Waals surface area (Å²) in [5, 5.41) is 0. The fourth-order valence-corrected chi connectivity index (χ4v) is 3.28. The van der Waals surface area contributed by atoms with Gasteiger partial charge in [-0.1, -0.05) is 6.08 Å². The van der Waals surface area contributed by atoms with Gasteiger partial charge in [-0.3, -0.25) is 0 Å². The monoisotopic (exact) mass is 164 g/mol. The van der Waals surface area contributed by atoms with Crippen LogP contribution in [0.15, 0.2) is 12.7 Å². The van der Waals surface area contributed by atoms with Crippen LogP contribution in [0.1, 0.15) is 51.4 Å². The van der Waals surface area contributed by atoms with Crippen molar-refractivity contribution in [2.75, 3.05) is 0 Å². The lowest BCUT2D eigenvalue weighted by molar-refractivity contribution is 0.265. The van der Waals surface area contributed by atoms with E-state index < -0.39 is 0 Å². The van der Waals surface area contributed by atoms with Crippen LogP contribution >= 0.6 is 0 Å². The molecule has 0 aromatic rings. The van der Waals surface area contributed by atoms with Gasteiger partial charge in [-0.25, -0.2) is 0 Å². The maximum Gasteiger partial charge on any atom is -0.0295 e. The van der Waals surface area contributed by atoms with Gasteiger partial charge < -0.3 is 0 Å². The van der Waals surface area contributed by atoms with E-state index in [1.54, 1.807) is 6.42 Å². The average molecular weight is 164 g/mol. The van der Waals surface area contributed by atoms with Gasteiger partial charge in [0, 0.05) is 0 Å². The Morgan fingerprint density at radius 3 is 2.58 bits per heavy atom. The highest BCUT2D eigenvalue weighted by Crippen LogP contribution is 2.56. The molecule has 0 heteroatoms.